The second kappa shape index (κ2) is 6.65. The number of nitrogens with zero attached hydrogens (tertiary/aromatic N) is 2. The van der Waals surface area contributed by atoms with Crippen LogP contribution in [0.4, 0.5) is 5.82 Å². The lowest BCUT2D eigenvalue weighted by atomic mass is 10.1. The summed E-state index contributed by atoms with van der Waals surface area (Å²) < 4.78 is 10.3. The first-order chi connectivity index (χ1) is 9.19. The summed E-state index contributed by atoms with van der Waals surface area (Å²) in [5, 5.41) is 10.2. The van der Waals surface area contributed by atoms with Crippen LogP contribution in [0, 0.1) is 0 Å². The van der Waals surface area contributed by atoms with E-state index in [-0.39, 0.29) is 12.0 Å². The molecule has 0 aromatic carbocycles. The van der Waals surface area contributed by atoms with Crippen molar-refractivity contribution in [2.75, 3.05) is 5.32 Å². The highest BCUT2D eigenvalue weighted by molar-refractivity contribution is 5.90. The zero-order chi connectivity index (χ0) is 13.7. The number of aryl methyl sites for hydroxylation is 1. The summed E-state index contributed by atoms with van der Waals surface area (Å²) in [7, 11) is 0. The van der Waals surface area contributed by atoms with Crippen LogP contribution >= 0.6 is 0 Å². The lowest BCUT2D eigenvalue weighted by Crippen LogP contribution is -2.17. The Bertz CT molecular complexity index is 419. The van der Waals surface area contributed by atoms with Crippen molar-refractivity contribution in [1.82, 2.24) is 10.3 Å². The fourth-order valence-corrected chi connectivity index (χ4v) is 2.29. The maximum absolute atomic E-state index is 11.8. The number of rotatable bonds is 6. The molecule has 19 heavy (non-hydrogen) atoms. The Labute approximate surface area is 112 Å². The molecule has 0 saturated carbocycles. The number of hydrogen-bond acceptors (Lipinski definition) is 5. The topological polar surface area (TPSA) is 77.3 Å². The Kier molecular flexibility index (Phi) is 4.90. The zero-order valence-electron chi connectivity index (χ0n) is 11.5. The number of carbonyl (C=O) groups excluding carboxylic acids is 1. The van der Waals surface area contributed by atoms with Crippen LogP contribution in [0.25, 0.3) is 0 Å². The van der Waals surface area contributed by atoms with Crippen LogP contribution < -0.4 is 5.32 Å². The van der Waals surface area contributed by atoms with Crippen LogP contribution in [0.15, 0.2) is 4.63 Å². The SMILES string of the molecule is CCCc1nonc1NC(=O)CC[C@@H]1CC[C@@H](C)O1. The number of amides is 1. The highest BCUT2D eigenvalue weighted by atomic mass is 16.6. The molecule has 2 atom stereocenters. The van der Waals surface area contributed by atoms with Gasteiger partial charge in [0.25, 0.3) is 0 Å². The molecule has 6 heteroatoms. The van der Waals surface area contributed by atoms with E-state index in [0.717, 1.165) is 32.1 Å². The second-order valence-electron chi connectivity index (χ2n) is 5.04. The molecule has 1 aliphatic rings. The Morgan fingerprint density at radius 1 is 1.42 bits per heavy atom. The van der Waals surface area contributed by atoms with E-state index in [1.807, 2.05) is 6.92 Å². The standard InChI is InChI=1S/C13H21N3O3/c1-3-4-11-13(16-19-15-11)14-12(17)8-7-10-6-5-9(2)18-10/h9-10H,3-8H2,1-2H3,(H,14,16,17)/t9-,10+/m1/s1. The number of aromatic nitrogens is 2. The van der Waals surface area contributed by atoms with E-state index in [1.54, 1.807) is 0 Å². The first-order valence-electron chi connectivity index (χ1n) is 6.95. The lowest BCUT2D eigenvalue weighted by molar-refractivity contribution is -0.117. The van der Waals surface area contributed by atoms with Crippen molar-refractivity contribution in [2.45, 2.75) is 64.6 Å². The van der Waals surface area contributed by atoms with Gasteiger partial charge in [-0.3, -0.25) is 4.79 Å². The molecule has 1 aromatic heterocycles. The molecule has 1 fully saturated rings. The van der Waals surface area contributed by atoms with Crippen LogP contribution in [0.1, 0.15) is 51.6 Å². The molecule has 1 amide bonds. The Morgan fingerprint density at radius 2 is 2.26 bits per heavy atom. The number of nitrogens with one attached hydrogen (secondary N) is 1. The number of hydrogen-bond donors (Lipinski definition) is 1. The first-order valence-corrected chi connectivity index (χ1v) is 6.95. The van der Waals surface area contributed by atoms with E-state index in [4.69, 9.17) is 4.74 Å². The Balaban J connectivity index is 1.76. The average Bonchev–Trinajstić information content (AvgIpc) is 2.97. The molecule has 0 bridgehead atoms. The van der Waals surface area contributed by atoms with Crippen molar-refractivity contribution in [2.24, 2.45) is 0 Å². The predicted octanol–water partition coefficient (Wildman–Crippen LogP) is 2.31. The van der Waals surface area contributed by atoms with Crippen molar-refractivity contribution in [3.8, 4) is 0 Å². The fraction of sp³-hybridized carbons (Fsp3) is 0.769. The summed E-state index contributed by atoms with van der Waals surface area (Å²) in [6.45, 7) is 4.11. The zero-order valence-corrected chi connectivity index (χ0v) is 11.5. The smallest absolute Gasteiger partial charge is 0.225 e. The molecule has 0 unspecified atom stereocenters. The van der Waals surface area contributed by atoms with Gasteiger partial charge < -0.3 is 10.1 Å². The number of carbonyl (C=O) groups is 1. The summed E-state index contributed by atoms with van der Waals surface area (Å²) >= 11 is 0. The monoisotopic (exact) mass is 267 g/mol. The van der Waals surface area contributed by atoms with E-state index in [0.29, 0.717) is 24.0 Å². The van der Waals surface area contributed by atoms with Gasteiger partial charge in [0.05, 0.1) is 12.2 Å². The normalized spacial score (nSPS) is 22.6. The van der Waals surface area contributed by atoms with Gasteiger partial charge in [0.15, 0.2) is 0 Å². The largest absolute Gasteiger partial charge is 0.375 e. The molecule has 0 radical (unpaired) electrons. The van der Waals surface area contributed by atoms with Gasteiger partial charge in [0.1, 0.15) is 5.69 Å². The number of anilines is 1. The fourth-order valence-electron chi connectivity index (χ4n) is 2.29. The lowest BCUT2D eigenvalue weighted by Gasteiger charge is -2.10. The van der Waals surface area contributed by atoms with Gasteiger partial charge in [-0.2, -0.15) is 0 Å². The predicted molar refractivity (Wildman–Crippen MR) is 69.7 cm³/mol. The van der Waals surface area contributed by atoms with E-state index in [1.165, 1.54) is 0 Å². The van der Waals surface area contributed by atoms with Crippen molar-refractivity contribution in [3.63, 3.8) is 0 Å². The molecule has 0 spiro atoms. The third kappa shape index (κ3) is 4.02. The molecule has 1 aromatic rings. The third-order valence-corrected chi connectivity index (χ3v) is 3.31. The van der Waals surface area contributed by atoms with Gasteiger partial charge in [-0.05, 0) is 37.8 Å². The van der Waals surface area contributed by atoms with E-state index in [9.17, 15) is 4.79 Å². The molecule has 106 valence electrons. The van der Waals surface area contributed by atoms with Crippen molar-refractivity contribution >= 4 is 11.7 Å². The maximum atomic E-state index is 11.8. The molecule has 1 saturated heterocycles. The summed E-state index contributed by atoms with van der Waals surface area (Å²) in [6.07, 6.45) is 5.55. The van der Waals surface area contributed by atoms with E-state index < -0.39 is 0 Å². The van der Waals surface area contributed by atoms with Gasteiger partial charge in [0.2, 0.25) is 11.7 Å². The minimum absolute atomic E-state index is 0.0591. The summed E-state index contributed by atoms with van der Waals surface area (Å²) in [4.78, 5) is 11.8. The van der Waals surface area contributed by atoms with Crippen LogP contribution in [0.5, 0.6) is 0 Å². The quantitative estimate of drug-likeness (QED) is 0.855. The first kappa shape index (κ1) is 14.0. The highest BCUT2D eigenvalue weighted by Crippen LogP contribution is 2.22. The van der Waals surface area contributed by atoms with Crippen molar-refractivity contribution in [1.29, 1.82) is 0 Å². The summed E-state index contributed by atoms with van der Waals surface area (Å²) in [6, 6.07) is 0. The Hall–Kier alpha value is -1.43. The number of ether oxygens (including phenoxy) is 1. The van der Waals surface area contributed by atoms with Gasteiger partial charge in [-0.25, -0.2) is 4.63 Å². The molecule has 2 heterocycles. The molecular formula is C13H21N3O3. The van der Waals surface area contributed by atoms with Gasteiger partial charge in [-0.1, -0.05) is 18.5 Å². The van der Waals surface area contributed by atoms with Crippen LogP contribution in [0.3, 0.4) is 0 Å². The van der Waals surface area contributed by atoms with Gasteiger partial charge in [0, 0.05) is 6.42 Å². The molecule has 0 aliphatic carbocycles. The summed E-state index contributed by atoms with van der Waals surface area (Å²) in [5.74, 6) is 0.392. The highest BCUT2D eigenvalue weighted by Gasteiger charge is 2.22. The minimum atomic E-state index is -0.0591. The molecule has 2 rings (SSSR count). The molecule has 6 nitrogen and oxygen atoms in total. The molecule has 1 N–H and O–H groups in total. The molecular weight excluding hydrogens is 246 g/mol. The van der Waals surface area contributed by atoms with E-state index in [2.05, 4.69) is 27.2 Å². The van der Waals surface area contributed by atoms with Crippen molar-refractivity contribution < 1.29 is 14.2 Å². The second-order valence-corrected chi connectivity index (χ2v) is 5.04. The minimum Gasteiger partial charge on any atom is -0.375 e. The van der Waals surface area contributed by atoms with Crippen LogP contribution in [-0.4, -0.2) is 28.4 Å². The summed E-state index contributed by atoms with van der Waals surface area (Å²) in [5.41, 5.74) is 0.710. The Morgan fingerprint density at radius 3 is 2.95 bits per heavy atom. The maximum Gasteiger partial charge on any atom is 0.225 e. The van der Waals surface area contributed by atoms with Gasteiger partial charge in [-0.15, -0.1) is 0 Å². The van der Waals surface area contributed by atoms with Crippen LogP contribution in [0.2, 0.25) is 0 Å². The average molecular weight is 267 g/mol. The van der Waals surface area contributed by atoms with Crippen LogP contribution in [-0.2, 0) is 16.0 Å². The third-order valence-electron chi connectivity index (χ3n) is 3.31. The van der Waals surface area contributed by atoms with Gasteiger partial charge >= 0.3 is 0 Å². The van der Waals surface area contributed by atoms with E-state index >= 15 is 0 Å². The molecule has 1 aliphatic heterocycles. The van der Waals surface area contributed by atoms with Crippen molar-refractivity contribution in [3.05, 3.63) is 5.69 Å².